The highest BCUT2D eigenvalue weighted by atomic mass is 31.2. The molecule has 16 nitrogen and oxygen atoms in total. The minimum Gasteiger partial charge on any atom is -0.497 e. The van der Waals surface area contributed by atoms with Crippen LogP contribution in [0.4, 0.5) is 5.95 Å². The summed E-state index contributed by atoms with van der Waals surface area (Å²) in [6, 6.07) is 27.8. The topological polar surface area (TPSA) is 184 Å². The predicted octanol–water partition coefficient (Wildman–Crippen LogP) is 9.69. The van der Waals surface area contributed by atoms with Gasteiger partial charge in [0.2, 0.25) is 11.9 Å². The Morgan fingerprint density at radius 3 is 2.00 bits per heavy atom. The summed E-state index contributed by atoms with van der Waals surface area (Å²) in [5.41, 5.74) is 0.963. The van der Waals surface area contributed by atoms with E-state index in [4.69, 9.17) is 37.4 Å². The number of carbonyl (C=O) groups is 1. The van der Waals surface area contributed by atoms with Gasteiger partial charge >= 0.3 is 0 Å². The molecule has 6 rings (SSSR count). The Kier molecular flexibility index (Phi) is 17.1. The van der Waals surface area contributed by atoms with Gasteiger partial charge in [0, 0.05) is 18.0 Å². The van der Waals surface area contributed by atoms with E-state index in [1.807, 2.05) is 78.9 Å². The average molecular weight is 970 g/mol. The van der Waals surface area contributed by atoms with Gasteiger partial charge in [0.05, 0.1) is 46.3 Å². The van der Waals surface area contributed by atoms with Crippen molar-refractivity contribution in [2.24, 2.45) is 5.92 Å². The summed E-state index contributed by atoms with van der Waals surface area (Å²) in [7, 11) is -1.30. The van der Waals surface area contributed by atoms with Gasteiger partial charge in [0.15, 0.2) is 25.7 Å². The SMILES string of the molecule is COc1ccc(C(OC[C@H]2O[C@@H](n3cnc4c(=O)[nH]c(NC(=O)C(C)C)nc43)[C@H](O[Si](C)(C)C(C)(C)C)[C@H]2OP(OCCC#N)N(C(C)C)C(C)C)(c2ccccc2)c2ccc(OC)cc2)cc1. The molecule has 1 aliphatic rings. The number of aromatic amines is 1. The first kappa shape index (κ1) is 52.4. The molecule has 0 radical (unpaired) electrons. The summed E-state index contributed by atoms with van der Waals surface area (Å²) < 4.78 is 51.3. The molecule has 0 bridgehead atoms. The zero-order valence-corrected chi connectivity index (χ0v) is 43.5. The number of hydrogen-bond donors (Lipinski definition) is 2. The number of ether oxygens (including phenoxy) is 4. The van der Waals surface area contributed by atoms with Crippen LogP contribution in [0.15, 0.2) is 90.0 Å². The van der Waals surface area contributed by atoms with E-state index >= 15 is 0 Å². The van der Waals surface area contributed by atoms with E-state index in [9.17, 15) is 14.9 Å². The number of anilines is 1. The van der Waals surface area contributed by atoms with Crippen molar-refractivity contribution in [1.82, 2.24) is 24.2 Å². The number of nitriles is 1. The number of nitrogens with zero attached hydrogens (tertiary/aromatic N) is 5. The van der Waals surface area contributed by atoms with E-state index in [-0.39, 0.29) is 65.7 Å². The van der Waals surface area contributed by atoms with Crippen LogP contribution in [-0.2, 0) is 33.3 Å². The van der Waals surface area contributed by atoms with Gasteiger partial charge in [-0.3, -0.25) is 24.5 Å². The molecule has 3 aromatic carbocycles. The maximum atomic E-state index is 13.6. The molecular formula is C50H68N7O9PSi. The van der Waals surface area contributed by atoms with Crippen molar-refractivity contribution >= 4 is 39.9 Å². The monoisotopic (exact) mass is 969 g/mol. The number of aromatic nitrogens is 4. The Hall–Kier alpha value is -5.02. The van der Waals surface area contributed by atoms with Gasteiger partial charge in [-0.2, -0.15) is 10.2 Å². The van der Waals surface area contributed by atoms with Gasteiger partial charge in [0.25, 0.3) is 14.1 Å². The molecule has 0 saturated carbocycles. The largest absolute Gasteiger partial charge is 0.497 e. The second-order valence-corrected chi connectivity index (χ2v) is 25.4. The van der Waals surface area contributed by atoms with E-state index in [2.05, 4.69) is 87.6 Å². The smallest absolute Gasteiger partial charge is 0.280 e. The van der Waals surface area contributed by atoms with Gasteiger partial charge in [-0.25, -0.2) is 9.65 Å². The molecule has 1 saturated heterocycles. The first-order valence-corrected chi connectivity index (χ1v) is 27.1. The highest BCUT2D eigenvalue weighted by Gasteiger charge is 2.54. The van der Waals surface area contributed by atoms with Crippen molar-refractivity contribution in [3.63, 3.8) is 0 Å². The van der Waals surface area contributed by atoms with Gasteiger partial charge in [0.1, 0.15) is 35.4 Å². The predicted molar refractivity (Wildman–Crippen MR) is 266 cm³/mol. The Balaban J connectivity index is 1.59. The number of benzene rings is 3. The molecule has 366 valence electrons. The van der Waals surface area contributed by atoms with Gasteiger partial charge < -0.3 is 32.4 Å². The molecule has 1 unspecified atom stereocenters. The highest BCUT2D eigenvalue weighted by molar-refractivity contribution is 7.44. The first-order valence-electron chi connectivity index (χ1n) is 23.1. The number of fused-ring (bicyclic) bond motifs is 1. The lowest BCUT2D eigenvalue weighted by atomic mass is 9.80. The number of imidazole rings is 1. The minimum atomic E-state index is -2.70. The summed E-state index contributed by atoms with van der Waals surface area (Å²) in [5.74, 6) is 0.647. The molecule has 5 atom stereocenters. The van der Waals surface area contributed by atoms with Gasteiger partial charge in [-0.1, -0.05) is 89.2 Å². The number of carbonyl (C=O) groups excluding carboxylic acids is 1. The summed E-state index contributed by atoms with van der Waals surface area (Å²) >= 11 is 0. The third-order valence-corrected chi connectivity index (χ3v) is 19.1. The van der Waals surface area contributed by atoms with E-state index in [1.54, 1.807) is 32.6 Å². The van der Waals surface area contributed by atoms with Crippen LogP contribution >= 0.6 is 8.53 Å². The Morgan fingerprint density at radius 2 is 1.49 bits per heavy atom. The molecule has 2 aromatic heterocycles. The third-order valence-electron chi connectivity index (χ3n) is 12.5. The molecule has 3 heterocycles. The number of nitrogens with one attached hydrogen (secondary N) is 2. The van der Waals surface area contributed by atoms with E-state index < -0.39 is 52.5 Å². The van der Waals surface area contributed by atoms with Crippen LogP contribution in [0.5, 0.6) is 11.5 Å². The van der Waals surface area contributed by atoms with Crippen molar-refractivity contribution in [3.8, 4) is 17.6 Å². The zero-order chi connectivity index (χ0) is 49.6. The quantitative estimate of drug-likeness (QED) is 0.0307. The van der Waals surface area contributed by atoms with Crippen LogP contribution < -0.4 is 20.3 Å². The van der Waals surface area contributed by atoms with E-state index in [0.717, 1.165) is 16.7 Å². The first-order chi connectivity index (χ1) is 32.3. The number of amides is 1. The molecule has 1 amide bonds. The van der Waals surface area contributed by atoms with Crippen LogP contribution in [0, 0.1) is 17.2 Å². The number of rotatable bonds is 21. The molecule has 1 fully saturated rings. The van der Waals surface area contributed by atoms with Crippen molar-refractivity contribution in [2.45, 2.75) is 129 Å². The second kappa shape index (κ2) is 22.2. The average Bonchev–Trinajstić information content (AvgIpc) is 3.87. The molecule has 2 N–H and O–H groups in total. The Morgan fingerprint density at radius 1 is 0.912 bits per heavy atom. The molecule has 1 aliphatic heterocycles. The van der Waals surface area contributed by atoms with Crippen LogP contribution in [0.25, 0.3) is 11.2 Å². The Bertz CT molecular complexity index is 2490. The molecular weight excluding hydrogens is 902 g/mol. The number of hydrogen-bond acceptors (Lipinski definition) is 13. The lowest BCUT2D eigenvalue weighted by Gasteiger charge is -2.42. The van der Waals surface area contributed by atoms with Crippen molar-refractivity contribution in [3.05, 3.63) is 112 Å². The van der Waals surface area contributed by atoms with E-state index in [1.165, 1.54) is 6.33 Å². The lowest BCUT2D eigenvalue weighted by Crippen LogP contribution is -2.50. The maximum absolute atomic E-state index is 13.6. The summed E-state index contributed by atoms with van der Waals surface area (Å²) in [6.07, 6.45) is -1.90. The zero-order valence-electron chi connectivity index (χ0n) is 41.6. The summed E-state index contributed by atoms with van der Waals surface area (Å²) in [4.78, 5) is 38.5. The van der Waals surface area contributed by atoms with Crippen LogP contribution in [0.1, 0.15) is 91.7 Å². The molecule has 68 heavy (non-hydrogen) atoms. The fourth-order valence-electron chi connectivity index (χ4n) is 7.95. The lowest BCUT2D eigenvalue weighted by molar-refractivity contribution is -0.118. The van der Waals surface area contributed by atoms with Crippen LogP contribution in [0.2, 0.25) is 18.1 Å². The molecule has 18 heteroatoms. The van der Waals surface area contributed by atoms with Crippen LogP contribution in [0.3, 0.4) is 0 Å². The molecule has 0 aliphatic carbocycles. The highest BCUT2D eigenvalue weighted by Crippen LogP contribution is 2.53. The van der Waals surface area contributed by atoms with Crippen LogP contribution in [-0.4, -0.2) is 96.2 Å². The minimum absolute atomic E-state index is 0.0142. The fraction of sp³-hybridized carbons (Fsp3) is 0.500. The Labute approximate surface area is 402 Å². The standard InChI is InChI=1S/C50H68N7O9PSi/c1-32(2)45(58)54-48-53-44-41(46(59)55-48)52-31-56(44)47-43(66-68(12,13)49(7,8)9)42(65-67(63-29-17-28-51)57(33(3)4)34(5)6)40(64-47)30-62-50(35-18-15-14-16-19-35,36-20-24-38(60-10)25-21-36)37-22-26-39(61-11)27-23-37/h14-16,18-27,31-34,40,42-43,47H,17,29-30H2,1-13H3,(H2,53,54,55,58,59)/t40-,42+,43-,47-,67?/m1/s1. The van der Waals surface area contributed by atoms with Crippen molar-refractivity contribution in [1.29, 1.82) is 5.26 Å². The van der Waals surface area contributed by atoms with Crippen molar-refractivity contribution < 1.29 is 37.2 Å². The van der Waals surface area contributed by atoms with Gasteiger partial charge in [-0.15, -0.1) is 0 Å². The normalized spacial score (nSPS) is 18.4. The third kappa shape index (κ3) is 11.4. The number of methoxy groups -OCH3 is 2. The maximum Gasteiger partial charge on any atom is 0.280 e. The second-order valence-electron chi connectivity index (χ2n) is 19.2. The number of H-pyrrole nitrogens is 1. The fourth-order valence-corrected chi connectivity index (χ4v) is 11.0. The molecule has 0 spiro atoms. The van der Waals surface area contributed by atoms with Gasteiger partial charge in [-0.05, 0) is 86.8 Å². The van der Waals surface area contributed by atoms with E-state index in [0.29, 0.717) is 11.5 Å². The molecule has 5 aromatic rings. The van der Waals surface area contributed by atoms with Crippen molar-refractivity contribution in [2.75, 3.05) is 32.8 Å². The summed E-state index contributed by atoms with van der Waals surface area (Å²) in [5, 5.41) is 12.1. The summed E-state index contributed by atoms with van der Waals surface area (Å²) in [6.45, 7) is 22.7.